The fourth-order valence-electron chi connectivity index (χ4n) is 4.09. The Morgan fingerprint density at radius 3 is 2.21 bits per heavy atom. The summed E-state index contributed by atoms with van der Waals surface area (Å²) in [4.78, 5) is 2.51. The van der Waals surface area contributed by atoms with Crippen LogP contribution in [0.4, 0.5) is 0 Å². The number of nitrogens with zero attached hydrogens (tertiary/aromatic N) is 1. The zero-order valence-corrected chi connectivity index (χ0v) is 13.1. The molecule has 2 rings (SSSR count). The zero-order chi connectivity index (χ0) is 14.0. The van der Waals surface area contributed by atoms with Crippen molar-refractivity contribution < 1.29 is 9.47 Å². The average molecular weight is 270 g/mol. The lowest BCUT2D eigenvalue weighted by molar-refractivity contribution is -0.00461. The van der Waals surface area contributed by atoms with E-state index in [1.54, 1.807) is 14.2 Å². The smallest absolute Gasteiger partial charge is 0.0971 e. The van der Waals surface area contributed by atoms with Crippen molar-refractivity contribution in [2.45, 2.75) is 44.9 Å². The normalized spacial score (nSPS) is 39.0. The maximum absolute atomic E-state index is 5.52. The second-order valence-electron chi connectivity index (χ2n) is 6.82. The van der Waals surface area contributed by atoms with Gasteiger partial charge in [0.1, 0.15) is 0 Å². The molecule has 1 aliphatic heterocycles. The van der Waals surface area contributed by atoms with Crippen molar-refractivity contribution in [1.29, 1.82) is 0 Å². The molecule has 1 heterocycles. The first kappa shape index (κ1) is 15.2. The van der Waals surface area contributed by atoms with Gasteiger partial charge in [-0.05, 0) is 31.2 Å². The Morgan fingerprint density at radius 1 is 1.16 bits per heavy atom. The summed E-state index contributed by atoms with van der Waals surface area (Å²) in [6, 6.07) is 0.620. The summed E-state index contributed by atoms with van der Waals surface area (Å²) < 4.78 is 11.0. The van der Waals surface area contributed by atoms with Crippen LogP contribution in [0.25, 0.3) is 0 Å². The van der Waals surface area contributed by atoms with Gasteiger partial charge >= 0.3 is 0 Å². The summed E-state index contributed by atoms with van der Waals surface area (Å²) in [6.45, 7) is 7.93. The highest BCUT2D eigenvalue weighted by Gasteiger charge is 2.43. The maximum atomic E-state index is 5.52. The number of hydrogen-bond acceptors (Lipinski definition) is 4. The van der Waals surface area contributed by atoms with Gasteiger partial charge in [0.25, 0.3) is 0 Å². The Labute approximate surface area is 117 Å². The largest absolute Gasteiger partial charge is 0.377 e. The summed E-state index contributed by atoms with van der Waals surface area (Å²) in [6.07, 6.45) is 3.10. The monoisotopic (exact) mass is 270 g/mol. The predicted octanol–water partition coefficient (Wildman–Crippen LogP) is 1.36. The lowest BCUT2D eigenvalue weighted by Gasteiger charge is -2.32. The Kier molecular flexibility index (Phi) is 4.88. The Morgan fingerprint density at radius 2 is 1.74 bits per heavy atom. The molecule has 0 bridgehead atoms. The van der Waals surface area contributed by atoms with E-state index in [-0.39, 0.29) is 12.2 Å². The highest BCUT2D eigenvalue weighted by Crippen LogP contribution is 2.41. The van der Waals surface area contributed by atoms with E-state index in [1.165, 1.54) is 12.8 Å². The minimum atomic E-state index is 0.229. The second-order valence-corrected chi connectivity index (χ2v) is 6.82. The van der Waals surface area contributed by atoms with Crippen LogP contribution in [-0.4, -0.2) is 64.1 Å². The van der Waals surface area contributed by atoms with Gasteiger partial charge in [0.05, 0.1) is 12.2 Å². The number of hydrogen-bond donors (Lipinski definition) is 1. The van der Waals surface area contributed by atoms with Crippen LogP contribution in [0.2, 0.25) is 0 Å². The van der Waals surface area contributed by atoms with Gasteiger partial charge < -0.3 is 14.8 Å². The van der Waals surface area contributed by atoms with E-state index in [4.69, 9.17) is 9.47 Å². The van der Waals surface area contributed by atoms with Crippen molar-refractivity contribution in [1.82, 2.24) is 10.2 Å². The molecule has 2 fully saturated rings. The molecule has 4 heteroatoms. The molecule has 0 aromatic heterocycles. The van der Waals surface area contributed by atoms with Gasteiger partial charge in [-0.1, -0.05) is 13.8 Å². The van der Waals surface area contributed by atoms with Crippen molar-refractivity contribution in [3.63, 3.8) is 0 Å². The average Bonchev–Trinajstić information content (AvgIpc) is 2.90. The van der Waals surface area contributed by atoms with Crippen LogP contribution in [0, 0.1) is 11.3 Å². The minimum Gasteiger partial charge on any atom is -0.377 e. The van der Waals surface area contributed by atoms with Crippen molar-refractivity contribution in [3.05, 3.63) is 0 Å². The molecule has 4 unspecified atom stereocenters. The second kappa shape index (κ2) is 6.08. The standard InChI is InChI=1S/C15H30N2O2/c1-15(2)7-6-11(14(15)16-3)8-17-9-12(18-4)13(10-17)19-5/h11-14,16H,6-10H2,1-5H3. The fourth-order valence-corrected chi connectivity index (χ4v) is 4.09. The third kappa shape index (κ3) is 3.13. The summed E-state index contributed by atoms with van der Waals surface area (Å²) in [7, 11) is 5.68. The third-order valence-electron chi connectivity index (χ3n) is 5.17. The van der Waals surface area contributed by atoms with Crippen molar-refractivity contribution in [2.24, 2.45) is 11.3 Å². The van der Waals surface area contributed by atoms with Crippen LogP contribution < -0.4 is 5.32 Å². The van der Waals surface area contributed by atoms with E-state index < -0.39 is 0 Å². The summed E-state index contributed by atoms with van der Waals surface area (Å²) >= 11 is 0. The van der Waals surface area contributed by atoms with Gasteiger partial charge in [-0.15, -0.1) is 0 Å². The van der Waals surface area contributed by atoms with E-state index in [1.807, 2.05) is 0 Å². The first-order chi connectivity index (χ1) is 9.01. The van der Waals surface area contributed by atoms with E-state index in [2.05, 4.69) is 31.1 Å². The molecule has 0 aromatic rings. The van der Waals surface area contributed by atoms with E-state index in [0.29, 0.717) is 11.5 Å². The molecule has 1 N–H and O–H groups in total. The number of likely N-dealkylation sites (tertiary alicyclic amines) is 1. The van der Waals surface area contributed by atoms with Gasteiger partial charge in [-0.2, -0.15) is 0 Å². The quantitative estimate of drug-likeness (QED) is 0.818. The molecule has 1 aliphatic carbocycles. The first-order valence-corrected chi connectivity index (χ1v) is 7.47. The molecular weight excluding hydrogens is 240 g/mol. The molecular formula is C15H30N2O2. The van der Waals surface area contributed by atoms with Gasteiger partial charge in [-0.25, -0.2) is 0 Å². The molecule has 0 radical (unpaired) electrons. The minimum absolute atomic E-state index is 0.229. The van der Waals surface area contributed by atoms with E-state index >= 15 is 0 Å². The fraction of sp³-hybridized carbons (Fsp3) is 1.00. The SMILES string of the molecule is CNC1C(CN2CC(OC)C(OC)C2)CCC1(C)C. The molecule has 112 valence electrons. The van der Waals surface area contributed by atoms with E-state index in [0.717, 1.165) is 25.6 Å². The molecule has 1 saturated heterocycles. The van der Waals surface area contributed by atoms with Crippen LogP contribution in [0.5, 0.6) is 0 Å². The summed E-state index contributed by atoms with van der Waals surface area (Å²) in [5, 5.41) is 3.54. The number of ether oxygens (including phenoxy) is 2. The lowest BCUT2D eigenvalue weighted by atomic mass is 9.85. The predicted molar refractivity (Wildman–Crippen MR) is 77.4 cm³/mol. The van der Waals surface area contributed by atoms with Crippen LogP contribution in [0.1, 0.15) is 26.7 Å². The zero-order valence-electron chi connectivity index (χ0n) is 13.1. The number of methoxy groups -OCH3 is 2. The highest BCUT2D eigenvalue weighted by molar-refractivity contribution is 4.98. The van der Waals surface area contributed by atoms with Gasteiger partial charge in [0.2, 0.25) is 0 Å². The van der Waals surface area contributed by atoms with Crippen LogP contribution in [0.3, 0.4) is 0 Å². The molecule has 2 aliphatic rings. The Hall–Kier alpha value is -0.160. The summed E-state index contributed by atoms with van der Waals surface area (Å²) in [5.74, 6) is 0.744. The van der Waals surface area contributed by atoms with Gasteiger partial charge in [0, 0.05) is 39.9 Å². The molecule has 4 atom stereocenters. The van der Waals surface area contributed by atoms with Crippen molar-refractivity contribution in [2.75, 3.05) is 40.9 Å². The van der Waals surface area contributed by atoms with Crippen LogP contribution >= 0.6 is 0 Å². The van der Waals surface area contributed by atoms with Gasteiger partial charge in [-0.3, -0.25) is 4.90 Å². The molecule has 0 spiro atoms. The Balaban J connectivity index is 1.92. The molecule has 4 nitrogen and oxygen atoms in total. The maximum Gasteiger partial charge on any atom is 0.0971 e. The number of nitrogens with one attached hydrogen (secondary N) is 1. The highest BCUT2D eigenvalue weighted by atomic mass is 16.5. The van der Waals surface area contributed by atoms with Crippen molar-refractivity contribution in [3.8, 4) is 0 Å². The topological polar surface area (TPSA) is 33.7 Å². The molecule has 1 saturated carbocycles. The van der Waals surface area contributed by atoms with Crippen LogP contribution in [0.15, 0.2) is 0 Å². The van der Waals surface area contributed by atoms with Crippen LogP contribution in [-0.2, 0) is 9.47 Å². The number of rotatable bonds is 5. The molecule has 0 aromatic carbocycles. The first-order valence-electron chi connectivity index (χ1n) is 7.47. The van der Waals surface area contributed by atoms with Crippen molar-refractivity contribution >= 4 is 0 Å². The van der Waals surface area contributed by atoms with E-state index in [9.17, 15) is 0 Å². The van der Waals surface area contributed by atoms with Gasteiger partial charge in [0.15, 0.2) is 0 Å². The lowest BCUT2D eigenvalue weighted by Crippen LogP contribution is -2.44. The molecule has 19 heavy (non-hydrogen) atoms. The molecule has 0 amide bonds. The summed E-state index contributed by atoms with van der Waals surface area (Å²) in [5.41, 5.74) is 0.417. The third-order valence-corrected chi connectivity index (χ3v) is 5.17. The Bertz CT molecular complexity index is 284.